The zero-order valence-electron chi connectivity index (χ0n) is 21.5. The van der Waals surface area contributed by atoms with E-state index in [1.54, 1.807) is 11.3 Å². The summed E-state index contributed by atoms with van der Waals surface area (Å²) in [6.45, 7) is 7.65. The lowest BCUT2D eigenvalue weighted by Gasteiger charge is -2.36. The van der Waals surface area contributed by atoms with Gasteiger partial charge in [0.15, 0.2) is 0 Å². The lowest BCUT2D eigenvalue weighted by molar-refractivity contribution is -0.144. The molecule has 0 radical (unpaired) electrons. The molecule has 8 heteroatoms. The van der Waals surface area contributed by atoms with Crippen molar-refractivity contribution in [3.05, 3.63) is 40.6 Å². The normalized spacial score (nSPS) is 15.1. The zero-order valence-corrected chi connectivity index (χ0v) is 23.2. The molecule has 2 aromatic rings. The number of halogens is 1. The summed E-state index contributed by atoms with van der Waals surface area (Å²) < 4.78 is 5.47. The molecule has 4 rings (SSSR count). The number of aliphatic imine (C=N–C) groups is 1. The van der Waals surface area contributed by atoms with E-state index in [9.17, 15) is 4.79 Å². The average Bonchev–Trinajstić information content (AvgIpc) is 3.27. The number of nitrogens with one attached hydrogen (secondary N) is 1. The summed E-state index contributed by atoms with van der Waals surface area (Å²) in [5.74, 6) is 1.04. The summed E-state index contributed by atoms with van der Waals surface area (Å²) in [7, 11) is 0. The molecule has 0 atom stereocenters. The second kappa shape index (κ2) is 15.2. The maximum absolute atomic E-state index is 12.0. The number of piperazine rings is 1. The molecule has 2 aliphatic heterocycles. The van der Waals surface area contributed by atoms with E-state index in [-0.39, 0.29) is 18.4 Å². The third kappa shape index (κ3) is 8.22. The predicted octanol–water partition coefficient (Wildman–Crippen LogP) is 7.00. The number of rotatable bonds is 12. The Balaban J connectivity index is 0.00000361. The summed E-state index contributed by atoms with van der Waals surface area (Å²) >= 11 is 1.75. The third-order valence-corrected chi connectivity index (χ3v) is 7.72. The van der Waals surface area contributed by atoms with Crippen LogP contribution in [0.5, 0.6) is 0 Å². The minimum Gasteiger partial charge on any atom is -0.466 e. The molecular weight excluding hydrogens is 492 g/mol. The molecule has 0 unspecified atom stereocenters. The smallest absolute Gasteiger partial charge is 0.305 e. The number of nitrogens with zero attached hydrogens (tertiary/aromatic N) is 3. The number of fused-ring (bicyclic) bond motifs is 2. The highest BCUT2D eigenvalue weighted by Crippen LogP contribution is 2.37. The second-order valence-corrected chi connectivity index (χ2v) is 10.4. The third-order valence-electron chi connectivity index (χ3n) is 6.81. The Morgan fingerprint density at radius 3 is 2.53 bits per heavy atom. The number of ether oxygens (including phenoxy) is 1. The van der Waals surface area contributed by atoms with E-state index in [4.69, 9.17) is 9.73 Å². The van der Waals surface area contributed by atoms with Gasteiger partial charge in [0, 0.05) is 39.1 Å². The molecule has 36 heavy (non-hydrogen) atoms. The second-order valence-electron chi connectivity index (χ2n) is 9.51. The fraction of sp³-hybridized carbons (Fsp3) is 0.571. The number of anilines is 2. The van der Waals surface area contributed by atoms with Crippen molar-refractivity contribution >= 4 is 52.6 Å². The molecule has 6 nitrogen and oxygen atoms in total. The van der Waals surface area contributed by atoms with E-state index in [0.29, 0.717) is 13.0 Å². The first-order valence-electron chi connectivity index (χ1n) is 13.4. The molecule has 3 heterocycles. The molecule has 0 saturated carbocycles. The number of benzene rings is 1. The van der Waals surface area contributed by atoms with Gasteiger partial charge in [-0.1, -0.05) is 57.6 Å². The summed E-state index contributed by atoms with van der Waals surface area (Å²) in [5, 5.41) is 5.68. The Labute approximate surface area is 226 Å². The monoisotopic (exact) mass is 532 g/mol. The van der Waals surface area contributed by atoms with E-state index in [1.165, 1.54) is 37.0 Å². The Morgan fingerprint density at radius 1 is 0.972 bits per heavy atom. The first kappa shape index (κ1) is 28.5. The number of thiophene rings is 1. The standard InChI is InChI=1S/C28H40N4O2S.ClH/c1-2-3-4-5-6-7-8-14-26(33)34-21-11-16-31-17-19-32(20-18-31)28-27-25(15-22-35-27)29-23-12-9-10-13-24(23)30-28;/h9-10,12-13,15,22,29H,2-8,11,14,16-21H2,1H3;1H. The topological polar surface area (TPSA) is 57.2 Å². The Hall–Kier alpha value is -2.09. The number of hydrogen-bond donors (Lipinski definition) is 1. The number of para-hydroxylation sites is 2. The van der Waals surface area contributed by atoms with Crippen molar-refractivity contribution in [3.63, 3.8) is 0 Å². The van der Waals surface area contributed by atoms with Crippen molar-refractivity contribution in [2.75, 3.05) is 44.6 Å². The first-order valence-corrected chi connectivity index (χ1v) is 14.3. The van der Waals surface area contributed by atoms with E-state index >= 15 is 0 Å². The number of carbonyl (C=O) groups is 1. The summed E-state index contributed by atoms with van der Waals surface area (Å²) in [4.78, 5) is 23.1. The maximum Gasteiger partial charge on any atom is 0.305 e. The van der Waals surface area contributed by atoms with E-state index in [2.05, 4.69) is 45.6 Å². The molecule has 1 aromatic heterocycles. The van der Waals surface area contributed by atoms with Gasteiger partial charge < -0.3 is 15.0 Å². The molecule has 0 bridgehead atoms. The van der Waals surface area contributed by atoms with Gasteiger partial charge in [-0.2, -0.15) is 0 Å². The van der Waals surface area contributed by atoms with Crippen molar-refractivity contribution in [1.82, 2.24) is 9.80 Å². The molecule has 1 N–H and O–H groups in total. The van der Waals surface area contributed by atoms with Crippen molar-refractivity contribution < 1.29 is 9.53 Å². The molecule has 0 spiro atoms. The van der Waals surface area contributed by atoms with Crippen LogP contribution < -0.4 is 5.32 Å². The van der Waals surface area contributed by atoms with Crippen LogP contribution in [0.25, 0.3) is 0 Å². The number of unbranched alkanes of at least 4 members (excludes halogenated alkanes) is 6. The Bertz CT molecular complexity index is 972. The van der Waals surface area contributed by atoms with Gasteiger partial charge in [0.2, 0.25) is 0 Å². The summed E-state index contributed by atoms with van der Waals surface area (Å²) in [5.41, 5.74) is 3.19. The molecule has 1 saturated heterocycles. The van der Waals surface area contributed by atoms with Gasteiger partial charge in [-0.15, -0.1) is 23.7 Å². The summed E-state index contributed by atoms with van der Waals surface area (Å²) in [6, 6.07) is 10.4. The summed E-state index contributed by atoms with van der Waals surface area (Å²) in [6.07, 6.45) is 10.0. The highest BCUT2D eigenvalue weighted by Gasteiger charge is 2.25. The quantitative estimate of drug-likeness (QED) is 0.235. The largest absolute Gasteiger partial charge is 0.466 e. The van der Waals surface area contributed by atoms with E-state index < -0.39 is 0 Å². The van der Waals surface area contributed by atoms with Crippen LogP contribution in [-0.2, 0) is 9.53 Å². The number of amidine groups is 1. The van der Waals surface area contributed by atoms with Crippen LogP contribution >= 0.6 is 23.7 Å². The molecular formula is C28H41ClN4O2S. The van der Waals surface area contributed by atoms with Crippen molar-refractivity contribution in [1.29, 1.82) is 0 Å². The van der Waals surface area contributed by atoms with Gasteiger partial charge in [0.1, 0.15) is 5.84 Å². The van der Waals surface area contributed by atoms with Crippen LogP contribution in [0.4, 0.5) is 17.1 Å². The lowest BCUT2D eigenvalue weighted by atomic mass is 10.1. The van der Waals surface area contributed by atoms with Crippen LogP contribution in [0.15, 0.2) is 40.7 Å². The van der Waals surface area contributed by atoms with Crippen LogP contribution in [-0.4, -0.2) is 60.9 Å². The number of carbonyl (C=O) groups excluding carboxylic acids is 1. The minimum absolute atomic E-state index is 0. The van der Waals surface area contributed by atoms with Crippen molar-refractivity contribution in [3.8, 4) is 0 Å². The van der Waals surface area contributed by atoms with Crippen LogP contribution in [0.2, 0.25) is 0 Å². The van der Waals surface area contributed by atoms with Gasteiger partial charge in [-0.3, -0.25) is 9.69 Å². The minimum atomic E-state index is -0.0320. The van der Waals surface area contributed by atoms with Crippen LogP contribution in [0.1, 0.15) is 69.6 Å². The molecule has 1 fully saturated rings. The Morgan fingerprint density at radius 2 is 1.72 bits per heavy atom. The molecule has 0 amide bonds. The zero-order chi connectivity index (χ0) is 24.3. The SMILES string of the molecule is CCCCCCCCCC(=O)OCCCN1CCN(C2=Nc3ccccc3Nc3ccsc32)CC1.Cl. The van der Waals surface area contributed by atoms with Crippen molar-refractivity contribution in [2.24, 2.45) is 4.99 Å². The van der Waals surface area contributed by atoms with Crippen LogP contribution in [0, 0.1) is 0 Å². The van der Waals surface area contributed by atoms with Gasteiger partial charge in [0.05, 0.1) is 28.5 Å². The van der Waals surface area contributed by atoms with Gasteiger partial charge in [0.25, 0.3) is 0 Å². The predicted molar refractivity (Wildman–Crippen MR) is 154 cm³/mol. The maximum atomic E-state index is 12.0. The van der Waals surface area contributed by atoms with E-state index in [0.717, 1.165) is 74.9 Å². The lowest BCUT2D eigenvalue weighted by Crippen LogP contribution is -2.49. The fourth-order valence-electron chi connectivity index (χ4n) is 4.74. The fourth-order valence-corrected chi connectivity index (χ4v) is 5.60. The molecule has 0 aliphatic carbocycles. The van der Waals surface area contributed by atoms with Gasteiger partial charge in [-0.25, -0.2) is 4.99 Å². The number of hydrogen-bond acceptors (Lipinski definition) is 7. The van der Waals surface area contributed by atoms with Gasteiger partial charge in [-0.05, 0) is 36.4 Å². The first-order chi connectivity index (χ1) is 17.2. The molecule has 2 aliphatic rings. The molecule has 1 aromatic carbocycles. The average molecular weight is 533 g/mol. The van der Waals surface area contributed by atoms with Crippen LogP contribution in [0.3, 0.4) is 0 Å². The highest BCUT2D eigenvalue weighted by atomic mass is 35.5. The van der Waals surface area contributed by atoms with E-state index in [1.807, 2.05) is 12.1 Å². The molecule has 198 valence electrons. The number of esters is 1. The van der Waals surface area contributed by atoms with Crippen molar-refractivity contribution in [2.45, 2.75) is 64.7 Å². The highest BCUT2D eigenvalue weighted by molar-refractivity contribution is 7.12. The van der Waals surface area contributed by atoms with Gasteiger partial charge >= 0.3 is 5.97 Å². The Kier molecular flexibility index (Phi) is 12.0.